The Morgan fingerprint density at radius 1 is 1.53 bits per heavy atom. The quantitative estimate of drug-likeness (QED) is 0.864. The molecule has 0 saturated carbocycles. The maximum absolute atomic E-state index is 11.9. The predicted octanol–water partition coefficient (Wildman–Crippen LogP) is 0.620. The van der Waals surface area contributed by atoms with Crippen LogP contribution in [-0.4, -0.2) is 44.8 Å². The van der Waals surface area contributed by atoms with E-state index >= 15 is 0 Å². The van der Waals surface area contributed by atoms with Crippen molar-refractivity contribution < 1.29 is 9.53 Å². The number of tetrazole rings is 1. The number of amides is 1. The van der Waals surface area contributed by atoms with Gasteiger partial charge in [-0.2, -0.15) is 0 Å². The Hall–Kier alpha value is -2.06. The zero-order chi connectivity index (χ0) is 13.7. The van der Waals surface area contributed by atoms with Gasteiger partial charge >= 0.3 is 0 Å². The van der Waals surface area contributed by atoms with Crippen LogP contribution in [0.1, 0.15) is 10.4 Å². The average Bonchev–Trinajstić information content (AvgIpc) is 2.83. The number of nitrogens with one attached hydrogen (secondary N) is 1. The van der Waals surface area contributed by atoms with Gasteiger partial charge in [0.2, 0.25) is 5.95 Å². The van der Waals surface area contributed by atoms with Gasteiger partial charge in [-0.05, 0) is 16.5 Å². The number of nitrogens with zero attached hydrogens (tertiary/aromatic N) is 5. The van der Waals surface area contributed by atoms with E-state index < -0.39 is 0 Å². The number of aromatic nitrogens is 5. The molecule has 2 heterocycles. The molecular weight excluding hydrogens is 272 g/mol. The van der Waals surface area contributed by atoms with Crippen LogP contribution in [0, 0.1) is 0 Å². The Labute approximate surface area is 113 Å². The zero-order valence-electron chi connectivity index (χ0n) is 10.1. The number of pyridine rings is 1. The van der Waals surface area contributed by atoms with Crippen LogP contribution < -0.4 is 5.32 Å². The highest BCUT2D eigenvalue weighted by molar-refractivity contribution is 6.30. The van der Waals surface area contributed by atoms with Gasteiger partial charge in [-0.15, -0.1) is 0 Å². The molecule has 0 bridgehead atoms. The van der Waals surface area contributed by atoms with Crippen LogP contribution in [0.15, 0.2) is 18.5 Å². The number of hydrogen-bond acceptors (Lipinski definition) is 6. The Morgan fingerprint density at radius 3 is 3.11 bits per heavy atom. The van der Waals surface area contributed by atoms with Crippen molar-refractivity contribution in [2.75, 3.05) is 19.0 Å². The van der Waals surface area contributed by atoms with Crippen molar-refractivity contribution in [2.24, 2.45) is 0 Å². The molecule has 8 nitrogen and oxygen atoms in total. The summed E-state index contributed by atoms with van der Waals surface area (Å²) in [6.45, 7) is 0.875. The maximum Gasteiger partial charge on any atom is 0.259 e. The molecule has 0 aliphatic carbocycles. The van der Waals surface area contributed by atoms with Gasteiger partial charge in [-0.25, -0.2) is 4.68 Å². The van der Waals surface area contributed by atoms with Gasteiger partial charge in [0.25, 0.3) is 5.91 Å². The second kappa shape index (κ2) is 6.21. The molecule has 0 aliphatic rings. The highest BCUT2D eigenvalue weighted by atomic mass is 35.5. The third-order valence-corrected chi connectivity index (χ3v) is 2.44. The van der Waals surface area contributed by atoms with Crippen LogP contribution in [0.4, 0.5) is 5.95 Å². The standard InChI is InChI=1S/C10H11ClN6O2/c1-19-3-2-17-10(14-15-16-17)13-9(18)7-4-8(11)6-12-5-7/h4-6H,2-3H2,1H3,(H,13,14,16,18). The van der Waals surface area contributed by atoms with Gasteiger partial charge in [-0.1, -0.05) is 16.7 Å². The van der Waals surface area contributed by atoms with Crippen molar-refractivity contribution >= 4 is 23.5 Å². The molecule has 19 heavy (non-hydrogen) atoms. The Bertz CT molecular complexity index is 573. The largest absolute Gasteiger partial charge is 0.383 e. The zero-order valence-corrected chi connectivity index (χ0v) is 10.8. The molecular formula is C10H11ClN6O2. The normalized spacial score (nSPS) is 10.4. The number of carbonyl (C=O) groups excluding carboxylic acids is 1. The smallest absolute Gasteiger partial charge is 0.259 e. The number of rotatable bonds is 5. The molecule has 2 aromatic rings. The summed E-state index contributed by atoms with van der Waals surface area (Å²) in [5, 5.41) is 13.9. The van der Waals surface area contributed by atoms with Crippen molar-refractivity contribution in [3.63, 3.8) is 0 Å². The highest BCUT2D eigenvalue weighted by Gasteiger charge is 2.12. The van der Waals surface area contributed by atoms with Crippen molar-refractivity contribution in [3.8, 4) is 0 Å². The summed E-state index contributed by atoms with van der Waals surface area (Å²) in [5.41, 5.74) is 0.328. The molecule has 0 aliphatic heterocycles. The van der Waals surface area contributed by atoms with Crippen LogP contribution in [0.3, 0.4) is 0 Å². The van der Waals surface area contributed by atoms with E-state index in [-0.39, 0.29) is 11.9 Å². The first kappa shape index (κ1) is 13.4. The van der Waals surface area contributed by atoms with Crippen LogP contribution in [-0.2, 0) is 11.3 Å². The highest BCUT2D eigenvalue weighted by Crippen LogP contribution is 2.10. The van der Waals surface area contributed by atoms with Gasteiger partial charge in [0, 0.05) is 19.5 Å². The van der Waals surface area contributed by atoms with Gasteiger partial charge < -0.3 is 4.74 Å². The van der Waals surface area contributed by atoms with E-state index in [9.17, 15) is 4.79 Å². The molecule has 0 unspecified atom stereocenters. The lowest BCUT2D eigenvalue weighted by molar-refractivity contribution is 0.102. The SMILES string of the molecule is COCCn1nnnc1NC(=O)c1cncc(Cl)c1. The topological polar surface area (TPSA) is 94.8 Å². The molecule has 9 heteroatoms. The van der Waals surface area contributed by atoms with Crippen LogP contribution in [0.25, 0.3) is 0 Å². The summed E-state index contributed by atoms with van der Waals surface area (Å²) in [6, 6.07) is 1.51. The Kier molecular flexibility index (Phi) is 4.37. The van der Waals surface area contributed by atoms with E-state index in [1.165, 1.54) is 23.1 Å². The summed E-state index contributed by atoms with van der Waals surface area (Å²) in [5.74, 6) is -0.148. The number of methoxy groups -OCH3 is 1. The minimum Gasteiger partial charge on any atom is -0.383 e. The third-order valence-electron chi connectivity index (χ3n) is 2.23. The van der Waals surface area contributed by atoms with E-state index in [1.54, 1.807) is 7.11 Å². The molecule has 1 N–H and O–H groups in total. The lowest BCUT2D eigenvalue weighted by Crippen LogP contribution is -2.18. The fourth-order valence-corrected chi connectivity index (χ4v) is 1.51. The first-order chi connectivity index (χ1) is 9.20. The van der Waals surface area contributed by atoms with Crippen molar-refractivity contribution in [1.29, 1.82) is 0 Å². The molecule has 0 atom stereocenters. The predicted molar refractivity (Wildman–Crippen MR) is 66.9 cm³/mol. The second-order valence-electron chi connectivity index (χ2n) is 3.56. The number of carbonyl (C=O) groups is 1. The van der Waals surface area contributed by atoms with Crippen LogP contribution in [0.2, 0.25) is 5.02 Å². The summed E-state index contributed by atoms with van der Waals surface area (Å²) in [4.78, 5) is 15.8. The van der Waals surface area contributed by atoms with Gasteiger partial charge in [0.15, 0.2) is 0 Å². The van der Waals surface area contributed by atoms with Crippen molar-refractivity contribution in [3.05, 3.63) is 29.0 Å². The van der Waals surface area contributed by atoms with E-state index in [2.05, 4.69) is 25.8 Å². The first-order valence-corrected chi connectivity index (χ1v) is 5.75. The number of halogens is 1. The molecule has 0 aromatic carbocycles. The van der Waals surface area contributed by atoms with Crippen molar-refractivity contribution in [1.82, 2.24) is 25.2 Å². The fraction of sp³-hybridized carbons (Fsp3) is 0.300. The lowest BCUT2D eigenvalue weighted by Gasteiger charge is -2.05. The summed E-state index contributed by atoms with van der Waals surface area (Å²) >= 11 is 5.77. The molecule has 0 saturated heterocycles. The summed E-state index contributed by atoms with van der Waals surface area (Å²) < 4.78 is 6.35. The number of hydrogen-bond donors (Lipinski definition) is 1. The molecule has 0 radical (unpaired) electrons. The minimum atomic E-state index is -0.386. The van der Waals surface area contributed by atoms with E-state index in [0.717, 1.165) is 0 Å². The molecule has 2 aromatic heterocycles. The summed E-state index contributed by atoms with van der Waals surface area (Å²) in [7, 11) is 1.57. The molecule has 2 rings (SSSR count). The Morgan fingerprint density at radius 2 is 2.37 bits per heavy atom. The fourth-order valence-electron chi connectivity index (χ4n) is 1.33. The maximum atomic E-state index is 11.9. The first-order valence-electron chi connectivity index (χ1n) is 5.37. The van der Waals surface area contributed by atoms with Gasteiger partial charge in [0.05, 0.1) is 23.7 Å². The second-order valence-corrected chi connectivity index (χ2v) is 4.00. The molecule has 1 amide bonds. The average molecular weight is 283 g/mol. The third kappa shape index (κ3) is 3.46. The van der Waals surface area contributed by atoms with E-state index in [1.807, 2.05) is 0 Å². The number of ether oxygens (including phenoxy) is 1. The lowest BCUT2D eigenvalue weighted by atomic mass is 10.3. The van der Waals surface area contributed by atoms with Crippen molar-refractivity contribution in [2.45, 2.75) is 6.54 Å². The monoisotopic (exact) mass is 282 g/mol. The Balaban J connectivity index is 2.09. The van der Waals surface area contributed by atoms with E-state index in [4.69, 9.17) is 16.3 Å². The minimum absolute atomic E-state index is 0.238. The van der Waals surface area contributed by atoms with Gasteiger partial charge in [0.1, 0.15) is 0 Å². The van der Waals surface area contributed by atoms with Crippen LogP contribution in [0.5, 0.6) is 0 Å². The molecule has 0 spiro atoms. The van der Waals surface area contributed by atoms with Gasteiger partial charge in [-0.3, -0.25) is 15.1 Å². The van der Waals surface area contributed by atoms with E-state index in [0.29, 0.717) is 23.7 Å². The molecule has 100 valence electrons. The number of anilines is 1. The van der Waals surface area contributed by atoms with Crippen LogP contribution >= 0.6 is 11.6 Å². The summed E-state index contributed by atoms with van der Waals surface area (Å²) in [6.07, 6.45) is 2.85. The molecule has 0 fully saturated rings.